The number of carbonyl (C=O) groups is 1. The largest absolute Gasteiger partial charge is 0.477 e. The smallest absolute Gasteiger partial charge is 0.353 e. The zero-order chi connectivity index (χ0) is 11.8. The third kappa shape index (κ3) is 1.63. The molecule has 3 rings (SSSR count). The Morgan fingerprint density at radius 2 is 2.18 bits per heavy atom. The van der Waals surface area contributed by atoms with Crippen LogP contribution >= 0.6 is 0 Å². The van der Waals surface area contributed by atoms with Crippen LogP contribution in [0.5, 0.6) is 0 Å². The van der Waals surface area contributed by atoms with Crippen molar-refractivity contribution in [2.75, 3.05) is 0 Å². The first-order valence-corrected chi connectivity index (χ1v) is 5.73. The number of carboxylic acid groups (broad SMARTS) is 1. The van der Waals surface area contributed by atoms with E-state index < -0.39 is 5.97 Å². The highest BCUT2D eigenvalue weighted by Crippen LogP contribution is 2.29. The fourth-order valence-electron chi connectivity index (χ4n) is 2.39. The Morgan fingerprint density at radius 1 is 1.35 bits per heavy atom. The highest BCUT2D eigenvalue weighted by atomic mass is 16.4. The van der Waals surface area contributed by atoms with E-state index in [1.165, 1.54) is 30.3 Å². The predicted octanol–water partition coefficient (Wildman–Crippen LogP) is 1.98. The molecule has 5 nitrogen and oxygen atoms in total. The van der Waals surface area contributed by atoms with Gasteiger partial charge in [-0.3, -0.25) is 0 Å². The molecule has 0 bridgehead atoms. The van der Waals surface area contributed by atoms with Gasteiger partial charge in [0.2, 0.25) is 0 Å². The van der Waals surface area contributed by atoms with Gasteiger partial charge < -0.3 is 15.1 Å². The van der Waals surface area contributed by atoms with Crippen molar-refractivity contribution in [2.45, 2.75) is 25.7 Å². The van der Waals surface area contributed by atoms with Crippen molar-refractivity contribution in [3.8, 4) is 11.4 Å². The van der Waals surface area contributed by atoms with Crippen molar-refractivity contribution in [1.29, 1.82) is 0 Å². The molecule has 88 valence electrons. The van der Waals surface area contributed by atoms with E-state index in [2.05, 4.69) is 15.0 Å². The van der Waals surface area contributed by atoms with Crippen LogP contribution in [-0.4, -0.2) is 26.0 Å². The van der Waals surface area contributed by atoms with Gasteiger partial charge in [-0.25, -0.2) is 9.78 Å². The predicted molar refractivity (Wildman–Crippen MR) is 62.0 cm³/mol. The number of nitrogens with zero attached hydrogens (tertiary/aromatic N) is 1. The number of aromatic carboxylic acids is 1. The Balaban J connectivity index is 2.03. The second kappa shape index (κ2) is 3.76. The molecule has 0 unspecified atom stereocenters. The number of rotatable bonds is 2. The van der Waals surface area contributed by atoms with Gasteiger partial charge in [0.05, 0.1) is 6.20 Å². The van der Waals surface area contributed by atoms with E-state index in [4.69, 9.17) is 5.11 Å². The molecule has 0 fully saturated rings. The Labute approximate surface area is 97.9 Å². The second-order valence-electron chi connectivity index (χ2n) is 4.32. The van der Waals surface area contributed by atoms with Gasteiger partial charge in [-0.2, -0.15) is 0 Å². The van der Waals surface area contributed by atoms with Crippen molar-refractivity contribution in [3.63, 3.8) is 0 Å². The van der Waals surface area contributed by atoms with Crippen molar-refractivity contribution >= 4 is 5.97 Å². The second-order valence-corrected chi connectivity index (χ2v) is 4.32. The van der Waals surface area contributed by atoms with Crippen LogP contribution in [0, 0.1) is 0 Å². The van der Waals surface area contributed by atoms with Crippen molar-refractivity contribution in [1.82, 2.24) is 15.0 Å². The molecular weight excluding hydrogens is 218 g/mol. The fourth-order valence-corrected chi connectivity index (χ4v) is 2.39. The topological polar surface area (TPSA) is 81.8 Å². The molecule has 0 saturated carbocycles. The normalized spacial score (nSPS) is 14.6. The summed E-state index contributed by atoms with van der Waals surface area (Å²) < 4.78 is 0. The molecule has 1 aliphatic rings. The molecule has 0 atom stereocenters. The fraction of sp³-hybridized carbons (Fsp3) is 0.333. The quantitative estimate of drug-likeness (QED) is 0.739. The Hall–Kier alpha value is -2.04. The van der Waals surface area contributed by atoms with Crippen LogP contribution in [0.4, 0.5) is 0 Å². The Kier molecular flexibility index (Phi) is 2.24. The summed E-state index contributed by atoms with van der Waals surface area (Å²) in [5.74, 6) is -0.338. The molecule has 2 heterocycles. The van der Waals surface area contributed by atoms with Crippen molar-refractivity contribution < 1.29 is 9.90 Å². The number of imidazole rings is 1. The molecule has 0 amide bonds. The number of aromatic amines is 2. The number of carboxylic acids is 1. The van der Waals surface area contributed by atoms with Gasteiger partial charge in [-0.15, -0.1) is 0 Å². The maximum absolute atomic E-state index is 10.8. The van der Waals surface area contributed by atoms with Crippen LogP contribution in [-0.2, 0) is 12.8 Å². The van der Waals surface area contributed by atoms with Gasteiger partial charge in [-0.1, -0.05) is 0 Å². The summed E-state index contributed by atoms with van der Waals surface area (Å²) in [6.07, 6.45) is 7.79. The van der Waals surface area contributed by atoms with Crippen molar-refractivity contribution in [3.05, 3.63) is 29.3 Å². The zero-order valence-corrected chi connectivity index (χ0v) is 9.29. The number of fused-ring (bicyclic) bond motifs is 1. The number of aryl methyl sites for hydroxylation is 1. The maximum atomic E-state index is 10.8. The Morgan fingerprint density at radius 3 is 2.94 bits per heavy atom. The first-order chi connectivity index (χ1) is 8.25. The summed E-state index contributed by atoms with van der Waals surface area (Å²) in [7, 11) is 0. The lowest BCUT2D eigenvalue weighted by atomic mass is 9.95. The highest BCUT2D eigenvalue weighted by Gasteiger charge is 2.18. The first-order valence-electron chi connectivity index (χ1n) is 5.73. The average Bonchev–Trinajstić information content (AvgIpc) is 2.95. The number of nitrogens with one attached hydrogen (secondary N) is 2. The van der Waals surface area contributed by atoms with Gasteiger partial charge in [0.15, 0.2) is 0 Å². The van der Waals surface area contributed by atoms with Crippen LogP contribution in [0.25, 0.3) is 11.4 Å². The summed E-state index contributed by atoms with van der Waals surface area (Å²) >= 11 is 0. The lowest BCUT2D eigenvalue weighted by molar-refractivity contribution is 0.0691. The summed E-state index contributed by atoms with van der Waals surface area (Å²) in [4.78, 5) is 21.0. The average molecular weight is 231 g/mol. The molecule has 17 heavy (non-hydrogen) atoms. The maximum Gasteiger partial charge on any atom is 0.353 e. The van der Waals surface area contributed by atoms with E-state index in [-0.39, 0.29) is 5.69 Å². The molecule has 2 aromatic rings. The highest BCUT2D eigenvalue weighted by molar-refractivity contribution is 5.86. The van der Waals surface area contributed by atoms with E-state index >= 15 is 0 Å². The minimum Gasteiger partial charge on any atom is -0.477 e. The third-order valence-electron chi connectivity index (χ3n) is 3.25. The van der Waals surface area contributed by atoms with Crippen LogP contribution in [0.2, 0.25) is 0 Å². The number of hydrogen-bond donors (Lipinski definition) is 3. The van der Waals surface area contributed by atoms with Gasteiger partial charge >= 0.3 is 5.97 Å². The minimum absolute atomic E-state index is 0.130. The van der Waals surface area contributed by atoms with Crippen molar-refractivity contribution in [2.24, 2.45) is 0 Å². The van der Waals surface area contributed by atoms with Gasteiger partial charge in [0.25, 0.3) is 0 Å². The minimum atomic E-state index is -0.979. The molecule has 5 heteroatoms. The third-order valence-corrected chi connectivity index (χ3v) is 3.25. The zero-order valence-electron chi connectivity index (χ0n) is 9.29. The summed E-state index contributed by atoms with van der Waals surface area (Å²) in [5, 5.41) is 8.86. The van der Waals surface area contributed by atoms with E-state index in [0.717, 1.165) is 18.4 Å². The summed E-state index contributed by atoms with van der Waals surface area (Å²) in [6.45, 7) is 0. The van der Waals surface area contributed by atoms with Crippen LogP contribution in [0.15, 0.2) is 12.4 Å². The van der Waals surface area contributed by atoms with Crippen LogP contribution in [0.3, 0.4) is 0 Å². The Bertz CT molecular complexity index is 568. The molecule has 0 saturated heterocycles. The molecule has 0 aliphatic heterocycles. The lowest BCUT2D eigenvalue weighted by Gasteiger charge is -2.11. The van der Waals surface area contributed by atoms with E-state index in [1.807, 2.05) is 6.20 Å². The molecule has 0 aromatic carbocycles. The summed E-state index contributed by atoms with van der Waals surface area (Å²) in [6, 6.07) is 0. The van der Waals surface area contributed by atoms with E-state index in [9.17, 15) is 4.79 Å². The van der Waals surface area contributed by atoms with Crippen LogP contribution in [0.1, 0.15) is 34.6 Å². The molecule has 0 spiro atoms. The van der Waals surface area contributed by atoms with Gasteiger partial charge in [0.1, 0.15) is 11.5 Å². The van der Waals surface area contributed by atoms with Crippen LogP contribution < -0.4 is 0 Å². The summed E-state index contributed by atoms with van der Waals surface area (Å²) in [5.41, 5.74) is 3.68. The SMILES string of the molecule is O=C(O)c1cnc(-c2c[nH]c3c2CCCC3)[nH]1. The number of hydrogen-bond acceptors (Lipinski definition) is 2. The standard InChI is InChI=1S/C12H13N3O2/c16-12(17)10-6-14-11(15-10)8-5-13-9-4-2-1-3-7(8)9/h5-6,13H,1-4H2,(H,14,15)(H,16,17). The van der Waals surface area contributed by atoms with E-state index in [1.54, 1.807) is 0 Å². The molecular formula is C12H13N3O2. The molecule has 0 radical (unpaired) electrons. The molecule has 3 N–H and O–H groups in total. The van der Waals surface area contributed by atoms with E-state index in [0.29, 0.717) is 5.82 Å². The molecule has 2 aromatic heterocycles. The number of aromatic nitrogens is 3. The van der Waals surface area contributed by atoms with Gasteiger partial charge in [-0.05, 0) is 31.2 Å². The number of H-pyrrole nitrogens is 2. The lowest BCUT2D eigenvalue weighted by Crippen LogP contribution is -2.01. The first kappa shape index (κ1) is 10.1. The monoisotopic (exact) mass is 231 g/mol. The molecule has 1 aliphatic carbocycles. The van der Waals surface area contributed by atoms with Gasteiger partial charge in [0, 0.05) is 17.5 Å².